The Balaban J connectivity index is 2.20. The number of aromatic nitrogens is 2. The van der Waals surface area contributed by atoms with E-state index in [9.17, 15) is 4.79 Å². The number of benzene rings is 1. The fourth-order valence-corrected chi connectivity index (χ4v) is 1.74. The first-order valence-electron chi connectivity index (χ1n) is 6.06. The Kier molecular flexibility index (Phi) is 4.20. The molecule has 0 atom stereocenters. The zero-order valence-electron chi connectivity index (χ0n) is 11.7. The van der Waals surface area contributed by atoms with Crippen molar-refractivity contribution in [2.45, 2.75) is 0 Å². The third-order valence-electron chi connectivity index (χ3n) is 2.79. The molecule has 0 saturated heterocycles. The topological polar surface area (TPSA) is 53.3 Å². The number of rotatable bonds is 5. The number of carbonyl (C=O) groups is 1. The Hall–Kier alpha value is -2.56. The van der Waals surface area contributed by atoms with Crippen molar-refractivity contribution in [3.63, 3.8) is 0 Å². The lowest BCUT2D eigenvalue weighted by Gasteiger charge is -2.05. The molecule has 0 unspecified atom stereocenters. The summed E-state index contributed by atoms with van der Waals surface area (Å²) < 4.78 is 12.0. The lowest BCUT2D eigenvalue weighted by molar-refractivity contribution is 0.104. The first kappa shape index (κ1) is 13.9. The smallest absolute Gasteiger partial charge is 0.189 e. The first-order valence-corrected chi connectivity index (χ1v) is 6.06. The van der Waals surface area contributed by atoms with Crippen LogP contribution in [0.1, 0.15) is 15.9 Å². The van der Waals surface area contributed by atoms with E-state index in [0.29, 0.717) is 17.1 Å². The number of allylic oxidation sites excluding steroid dienone is 1. The molecule has 0 aliphatic rings. The first-order chi connectivity index (χ1) is 9.62. The number of ketones is 1. The number of carbonyl (C=O) groups excluding carboxylic acids is 1. The van der Waals surface area contributed by atoms with Gasteiger partial charge in [-0.25, -0.2) is 0 Å². The number of ether oxygens (including phenoxy) is 2. The lowest BCUT2D eigenvalue weighted by atomic mass is 10.1. The van der Waals surface area contributed by atoms with Crippen molar-refractivity contribution in [3.05, 3.63) is 47.8 Å². The summed E-state index contributed by atoms with van der Waals surface area (Å²) >= 11 is 0. The number of hydrogen-bond donors (Lipinski definition) is 0. The molecule has 0 bridgehead atoms. The van der Waals surface area contributed by atoms with Crippen LogP contribution >= 0.6 is 0 Å². The van der Waals surface area contributed by atoms with Gasteiger partial charge in [-0.3, -0.25) is 9.48 Å². The van der Waals surface area contributed by atoms with E-state index >= 15 is 0 Å². The van der Waals surface area contributed by atoms with E-state index < -0.39 is 0 Å². The fourth-order valence-electron chi connectivity index (χ4n) is 1.74. The molecule has 2 rings (SSSR count). The molecule has 0 amide bonds. The van der Waals surface area contributed by atoms with Crippen LogP contribution in [0.15, 0.2) is 36.7 Å². The van der Waals surface area contributed by atoms with Gasteiger partial charge in [-0.1, -0.05) is 6.08 Å². The Morgan fingerprint density at radius 3 is 2.35 bits per heavy atom. The average Bonchev–Trinajstić information content (AvgIpc) is 2.91. The van der Waals surface area contributed by atoms with E-state index in [-0.39, 0.29) is 5.78 Å². The van der Waals surface area contributed by atoms with Gasteiger partial charge in [0.1, 0.15) is 11.5 Å². The van der Waals surface area contributed by atoms with Crippen LogP contribution in [0, 0.1) is 0 Å². The largest absolute Gasteiger partial charge is 0.497 e. The minimum absolute atomic E-state index is 0.0973. The van der Waals surface area contributed by atoms with Crippen molar-refractivity contribution >= 4 is 11.9 Å². The van der Waals surface area contributed by atoms with Gasteiger partial charge in [0.05, 0.1) is 26.0 Å². The summed E-state index contributed by atoms with van der Waals surface area (Å²) in [7, 11) is 4.94. The maximum atomic E-state index is 11.9. The van der Waals surface area contributed by atoms with E-state index in [2.05, 4.69) is 5.10 Å². The van der Waals surface area contributed by atoms with Crippen molar-refractivity contribution in [3.8, 4) is 11.5 Å². The van der Waals surface area contributed by atoms with E-state index in [1.54, 1.807) is 50.5 Å². The summed E-state index contributed by atoms with van der Waals surface area (Å²) in [5.41, 5.74) is 1.39. The van der Waals surface area contributed by atoms with Crippen LogP contribution in [-0.4, -0.2) is 29.8 Å². The van der Waals surface area contributed by atoms with Gasteiger partial charge < -0.3 is 9.47 Å². The number of methoxy groups -OCH3 is 2. The minimum Gasteiger partial charge on any atom is -0.497 e. The monoisotopic (exact) mass is 272 g/mol. The summed E-state index contributed by atoms with van der Waals surface area (Å²) in [6, 6.07) is 5.44. The maximum Gasteiger partial charge on any atom is 0.189 e. The van der Waals surface area contributed by atoms with Crippen LogP contribution in [0.25, 0.3) is 6.08 Å². The summed E-state index contributed by atoms with van der Waals surface area (Å²) in [5.74, 6) is 1.26. The predicted molar refractivity (Wildman–Crippen MR) is 76.1 cm³/mol. The van der Waals surface area contributed by atoms with Crippen LogP contribution in [0.4, 0.5) is 0 Å². The molecule has 0 fully saturated rings. The third-order valence-corrected chi connectivity index (χ3v) is 2.79. The van der Waals surface area contributed by atoms with E-state index in [1.807, 2.05) is 12.1 Å². The van der Waals surface area contributed by atoms with E-state index in [1.165, 1.54) is 6.08 Å². The number of aryl methyl sites for hydroxylation is 1. The van der Waals surface area contributed by atoms with Crippen LogP contribution in [-0.2, 0) is 7.05 Å². The molecular formula is C15H16N2O3. The SMILES string of the molecule is COc1cc(C=CC(=O)c2cnn(C)c2)cc(OC)c1. The van der Waals surface area contributed by atoms with Gasteiger partial charge in [-0.15, -0.1) is 0 Å². The maximum absolute atomic E-state index is 11.9. The Bertz CT molecular complexity index is 622. The summed E-state index contributed by atoms with van der Waals surface area (Å²) in [6.07, 6.45) is 6.45. The molecule has 0 radical (unpaired) electrons. The van der Waals surface area contributed by atoms with Crippen LogP contribution < -0.4 is 9.47 Å². The normalized spacial score (nSPS) is 10.8. The second-order valence-electron chi connectivity index (χ2n) is 4.25. The van der Waals surface area contributed by atoms with Gasteiger partial charge in [-0.2, -0.15) is 5.10 Å². The van der Waals surface area contributed by atoms with Crippen LogP contribution in [0.5, 0.6) is 11.5 Å². The van der Waals surface area contributed by atoms with Crippen molar-refractivity contribution < 1.29 is 14.3 Å². The molecule has 5 heteroatoms. The summed E-state index contributed by atoms with van der Waals surface area (Å²) in [5, 5.41) is 3.97. The molecule has 0 aliphatic heterocycles. The van der Waals surface area contributed by atoms with Crippen LogP contribution in [0.2, 0.25) is 0 Å². The summed E-state index contributed by atoms with van der Waals surface area (Å²) in [4.78, 5) is 11.9. The van der Waals surface area contributed by atoms with E-state index in [4.69, 9.17) is 9.47 Å². The van der Waals surface area contributed by atoms with Crippen molar-refractivity contribution in [1.82, 2.24) is 9.78 Å². The molecule has 2 aromatic rings. The summed E-state index contributed by atoms with van der Waals surface area (Å²) in [6.45, 7) is 0. The number of hydrogen-bond acceptors (Lipinski definition) is 4. The van der Waals surface area contributed by atoms with Crippen molar-refractivity contribution in [2.24, 2.45) is 7.05 Å². The van der Waals surface area contributed by atoms with E-state index in [0.717, 1.165) is 5.56 Å². The Labute approximate surface area is 117 Å². The highest BCUT2D eigenvalue weighted by molar-refractivity contribution is 6.06. The molecule has 0 spiro atoms. The molecule has 0 N–H and O–H groups in total. The zero-order valence-corrected chi connectivity index (χ0v) is 11.7. The fraction of sp³-hybridized carbons (Fsp3) is 0.200. The quantitative estimate of drug-likeness (QED) is 0.619. The molecule has 5 nitrogen and oxygen atoms in total. The second kappa shape index (κ2) is 6.06. The molecule has 1 heterocycles. The zero-order chi connectivity index (χ0) is 14.5. The average molecular weight is 272 g/mol. The minimum atomic E-state index is -0.0973. The standard InChI is InChI=1S/C15H16N2O3/c1-17-10-12(9-16-17)15(18)5-4-11-6-13(19-2)8-14(7-11)20-3/h4-10H,1-3H3. The highest BCUT2D eigenvalue weighted by atomic mass is 16.5. The third kappa shape index (κ3) is 3.26. The van der Waals surface area contributed by atoms with Gasteiger partial charge in [0, 0.05) is 19.3 Å². The molecule has 1 aromatic carbocycles. The van der Waals surface area contributed by atoms with Crippen molar-refractivity contribution in [2.75, 3.05) is 14.2 Å². The van der Waals surface area contributed by atoms with Gasteiger partial charge in [-0.05, 0) is 23.8 Å². The highest BCUT2D eigenvalue weighted by Crippen LogP contribution is 2.23. The molecule has 20 heavy (non-hydrogen) atoms. The number of nitrogens with zero attached hydrogens (tertiary/aromatic N) is 2. The molecule has 1 aromatic heterocycles. The van der Waals surface area contributed by atoms with Gasteiger partial charge in [0.25, 0.3) is 0 Å². The van der Waals surface area contributed by atoms with Gasteiger partial charge >= 0.3 is 0 Å². The molecule has 0 aliphatic carbocycles. The van der Waals surface area contributed by atoms with Crippen molar-refractivity contribution in [1.29, 1.82) is 0 Å². The molecule has 0 saturated carbocycles. The second-order valence-corrected chi connectivity index (χ2v) is 4.25. The molecule has 104 valence electrons. The highest BCUT2D eigenvalue weighted by Gasteiger charge is 2.04. The van der Waals surface area contributed by atoms with Crippen LogP contribution in [0.3, 0.4) is 0 Å². The van der Waals surface area contributed by atoms with Gasteiger partial charge in [0.2, 0.25) is 0 Å². The van der Waals surface area contributed by atoms with Gasteiger partial charge in [0.15, 0.2) is 5.78 Å². The lowest BCUT2D eigenvalue weighted by Crippen LogP contribution is -1.92. The Morgan fingerprint density at radius 1 is 1.20 bits per heavy atom. The Morgan fingerprint density at radius 2 is 1.85 bits per heavy atom. The molecular weight excluding hydrogens is 256 g/mol. The predicted octanol–water partition coefficient (Wildman–Crippen LogP) is 2.33.